The molecular formula is C20H34O4. The summed E-state index contributed by atoms with van der Waals surface area (Å²) >= 11 is 0. The molecule has 0 aromatic heterocycles. The number of ether oxygens (including phenoxy) is 2. The Morgan fingerprint density at radius 3 is 1.58 bits per heavy atom. The van der Waals surface area contributed by atoms with Crippen LogP contribution in [0.5, 0.6) is 23.0 Å². The second-order valence-corrected chi connectivity index (χ2v) is 6.30. The van der Waals surface area contributed by atoms with Crippen LogP contribution in [0.25, 0.3) is 0 Å². The average Bonchev–Trinajstić information content (AvgIpc) is 2.59. The van der Waals surface area contributed by atoms with Crippen LogP contribution in [0, 0.1) is 0 Å². The van der Waals surface area contributed by atoms with Gasteiger partial charge in [-0.05, 0) is 19.3 Å². The average molecular weight is 338 g/mol. The number of unbranched alkanes of at least 4 members (excludes halogenated alkanes) is 7. The van der Waals surface area contributed by atoms with Gasteiger partial charge in [0.15, 0.2) is 11.5 Å². The molecule has 1 rings (SSSR count). The molecule has 0 saturated carbocycles. The standard InChI is InChI=1S/C20H34O4/c1-5-7-8-9-10-11-12-13-14-16-15(6-2)17(21)19(23-3)20(24-4)18(16)22/h21-22H,5-14H2,1-4H3. The highest BCUT2D eigenvalue weighted by Crippen LogP contribution is 2.49. The first-order valence-corrected chi connectivity index (χ1v) is 9.29. The van der Waals surface area contributed by atoms with Crippen LogP contribution in [-0.2, 0) is 12.8 Å². The molecule has 0 bridgehead atoms. The molecule has 0 aliphatic heterocycles. The maximum atomic E-state index is 10.5. The molecule has 4 heteroatoms. The largest absolute Gasteiger partial charge is 0.504 e. The fourth-order valence-electron chi connectivity index (χ4n) is 3.24. The molecule has 0 aliphatic carbocycles. The molecule has 0 spiro atoms. The van der Waals surface area contributed by atoms with Crippen LogP contribution in [0.4, 0.5) is 0 Å². The summed E-state index contributed by atoms with van der Waals surface area (Å²) in [5, 5.41) is 20.9. The molecule has 0 fully saturated rings. The molecule has 138 valence electrons. The number of aromatic hydroxyl groups is 2. The minimum atomic E-state index is 0.0872. The molecule has 0 amide bonds. The van der Waals surface area contributed by atoms with Crippen molar-refractivity contribution >= 4 is 0 Å². The van der Waals surface area contributed by atoms with E-state index < -0.39 is 0 Å². The zero-order chi connectivity index (χ0) is 17.9. The predicted molar refractivity (Wildman–Crippen MR) is 98.6 cm³/mol. The highest BCUT2D eigenvalue weighted by atomic mass is 16.5. The van der Waals surface area contributed by atoms with Crippen molar-refractivity contribution in [3.05, 3.63) is 11.1 Å². The number of hydrogen-bond donors (Lipinski definition) is 2. The van der Waals surface area contributed by atoms with Gasteiger partial charge in [-0.2, -0.15) is 0 Å². The normalized spacial score (nSPS) is 10.8. The summed E-state index contributed by atoms with van der Waals surface area (Å²) < 4.78 is 10.4. The Kier molecular flexibility index (Phi) is 9.43. The maximum Gasteiger partial charge on any atom is 0.207 e. The fourth-order valence-corrected chi connectivity index (χ4v) is 3.24. The molecule has 0 saturated heterocycles. The number of methoxy groups -OCH3 is 2. The third-order valence-corrected chi connectivity index (χ3v) is 4.61. The van der Waals surface area contributed by atoms with Crippen LogP contribution < -0.4 is 9.47 Å². The molecule has 0 heterocycles. The summed E-state index contributed by atoms with van der Waals surface area (Å²) in [5.41, 5.74) is 1.55. The molecule has 1 aromatic rings. The van der Waals surface area contributed by atoms with Crippen LogP contribution in [0.1, 0.15) is 76.3 Å². The van der Waals surface area contributed by atoms with Crippen molar-refractivity contribution < 1.29 is 19.7 Å². The lowest BCUT2D eigenvalue weighted by Gasteiger charge is -2.19. The SMILES string of the molecule is CCCCCCCCCCc1c(O)c(OC)c(OC)c(O)c1CC. The van der Waals surface area contributed by atoms with Gasteiger partial charge in [0, 0.05) is 11.1 Å². The lowest BCUT2D eigenvalue weighted by atomic mass is 9.95. The van der Waals surface area contributed by atoms with Crippen molar-refractivity contribution in [3.63, 3.8) is 0 Å². The van der Waals surface area contributed by atoms with Gasteiger partial charge < -0.3 is 19.7 Å². The van der Waals surface area contributed by atoms with Gasteiger partial charge >= 0.3 is 0 Å². The van der Waals surface area contributed by atoms with E-state index in [1.54, 1.807) is 0 Å². The Hall–Kier alpha value is -1.58. The Labute approximate surface area is 146 Å². The van der Waals surface area contributed by atoms with Gasteiger partial charge in [-0.15, -0.1) is 0 Å². The number of phenolic OH excluding ortho intramolecular Hbond substituents is 2. The number of hydrogen-bond acceptors (Lipinski definition) is 4. The summed E-state index contributed by atoms with van der Waals surface area (Å²) in [7, 11) is 2.94. The minimum Gasteiger partial charge on any atom is -0.504 e. The predicted octanol–water partition coefficient (Wildman–Crippen LogP) is 5.36. The van der Waals surface area contributed by atoms with Gasteiger partial charge in [0.05, 0.1) is 14.2 Å². The molecule has 0 aliphatic rings. The van der Waals surface area contributed by atoms with Gasteiger partial charge in [-0.3, -0.25) is 0 Å². The summed E-state index contributed by atoms with van der Waals surface area (Å²) in [6, 6.07) is 0. The van der Waals surface area contributed by atoms with Gasteiger partial charge in [0.25, 0.3) is 0 Å². The zero-order valence-electron chi connectivity index (χ0n) is 15.8. The summed E-state index contributed by atoms with van der Waals surface area (Å²) in [6.07, 6.45) is 11.3. The number of rotatable bonds is 12. The summed E-state index contributed by atoms with van der Waals surface area (Å²) in [5.74, 6) is 0.629. The molecule has 0 radical (unpaired) electrons. The third-order valence-electron chi connectivity index (χ3n) is 4.61. The Bertz CT molecular complexity index is 497. The van der Waals surface area contributed by atoms with E-state index in [1.807, 2.05) is 6.92 Å². The Morgan fingerprint density at radius 2 is 1.12 bits per heavy atom. The first-order valence-electron chi connectivity index (χ1n) is 9.29. The molecule has 2 N–H and O–H groups in total. The van der Waals surface area contributed by atoms with Crippen molar-refractivity contribution in [2.75, 3.05) is 14.2 Å². The monoisotopic (exact) mass is 338 g/mol. The van der Waals surface area contributed by atoms with E-state index in [0.29, 0.717) is 6.42 Å². The van der Waals surface area contributed by atoms with Gasteiger partial charge in [-0.25, -0.2) is 0 Å². The van der Waals surface area contributed by atoms with E-state index in [9.17, 15) is 10.2 Å². The maximum absolute atomic E-state index is 10.5. The van der Waals surface area contributed by atoms with Gasteiger partial charge in [-0.1, -0.05) is 58.8 Å². The van der Waals surface area contributed by atoms with E-state index in [-0.39, 0.29) is 23.0 Å². The Morgan fingerprint density at radius 1 is 0.667 bits per heavy atom. The van der Waals surface area contributed by atoms with Gasteiger partial charge in [0.2, 0.25) is 11.5 Å². The second-order valence-electron chi connectivity index (χ2n) is 6.30. The first kappa shape index (κ1) is 20.5. The van der Waals surface area contributed by atoms with E-state index in [1.165, 1.54) is 52.7 Å². The van der Waals surface area contributed by atoms with Crippen LogP contribution in [0.15, 0.2) is 0 Å². The molecule has 0 unspecified atom stereocenters. The second kappa shape index (κ2) is 11.1. The van der Waals surface area contributed by atoms with Crippen molar-refractivity contribution in [2.45, 2.75) is 78.1 Å². The Balaban J connectivity index is 2.69. The van der Waals surface area contributed by atoms with Crippen LogP contribution in [0.3, 0.4) is 0 Å². The summed E-state index contributed by atoms with van der Waals surface area (Å²) in [6.45, 7) is 4.20. The van der Waals surface area contributed by atoms with Crippen LogP contribution in [0.2, 0.25) is 0 Å². The zero-order valence-corrected chi connectivity index (χ0v) is 15.8. The van der Waals surface area contributed by atoms with E-state index in [2.05, 4.69) is 6.92 Å². The fraction of sp³-hybridized carbons (Fsp3) is 0.700. The first-order chi connectivity index (χ1) is 11.6. The van der Waals surface area contributed by atoms with Crippen LogP contribution in [-0.4, -0.2) is 24.4 Å². The van der Waals surface area contributed by atoms with E-state index in [4.69, 9.17) is 9.47 Å². The molecule has 4 nitrogen and oxygen atoms in total. The third kappa shape index (κ3) is 5.22. The topological polar surface area (TPSA) is 58.9 Å². The van der Waals surface area contributed by atoms with Crippen molar-refractivity contribution in [1.82, 2.24) is 0 Å². The highest BCUT2D eigenvalue weighted by molar-refractivity contribution is 5.66. The van der Waals surface area contributed by atoms with E-state index in [0.717, 1.165) is 30.4 Å². The lowest BCUT2D eigenvalue weighted by Crippen LogP contribution is -2.01. The lowest BCUT2D eigenvalue weighted by molar-refractivity contribution is 0.313. The molecule has 1 aromatic carbocycles. The van der Waals surface area contributed by atoms with Gasteiger partial charge in [0.1, 0.15) is 0 Å². The number of phenols is 2. The summed E-state index contributed by atoms with van der Waals surface area (Å²) in [4.78, 5) is 0. The van der Waals surface area contributed by atoms with E-state index >= 15 is 0 Å². The van der Waals surface area contributed by atoms with Crippen molar-refractivity contribution in [2.24, 2.45) is 0 Å². The molecule has 0 atom stereocenters. The van der Waals surface area contributed by atoms with Crippen LogP contribution >= 0.6 is 0 Å². The highest BCUT2D eigenvalue weighted by Gasteiger charge is 2.23. The molecule has 24 heavy (non-hydrogen) atoms. The minimum absolute atomic E-state index is 0.0872. The quantitative estimate of drug-likeness (QED) is 0.398. The van der Waals surface area contributed by atoms with Crippen molar-refractivity contribution in [1.29, 1.82) is 0 Å². The van der Waals surface area contributed by atoms with Crippen molar-refractivity contribution in [3.8, 4) is 23.0 Å². The smallest absolute Gasteiger partial charge is 0.207 e. The number of benzene rings is 1. The molecular weight excluding hydrogens is 304 g/mol.